The van der Waals surface area contributed by atoms with Crippen LogP contribution in [-0.2, 0) is 4.74 Å². The van der Waals surface area contributed by atoms with Crippen molar-refractivity contribution in [3.05, 3.63) is 0 Å². The summed E-state index contributed by atoms with van der Waals surface area (Å²) >= 11 is 0. The lowest BCUT2D eigenvalue weighted by Gasteiger charge is -2.19. The average Bonchev–Trinajstić information content (AvgIpc) is 1.59. The Labute approximate surface area is 63.7 Å². The van der Waals surface area contributed by atoms with Crippen molar-refractivity contribution in [1.29, 1.82) is 0 Å². The smallest absolute Gasteiger partial charge is 0.0598 e. The third kappa shape index (κ3) is 7.92. The molecule has 0 aromatic rings. The molecule has 2 N–H and O–H groups in total. The minimum atomic E-state index is -0.0190. The molecule has 2 nitrogen and oxygen atoms in total. The van der Waals surface area contributed by atoms with Crippen LogP contribution in [0.5, 0.6) is 0 Å². The molecule has 0 saturated heterocycles. The molecule has 0 aromatic carbocycles. The lowest BCUT2D eigenvalue weighted by atomic mass is 10.2. The maximum absolute atomic E-state index is 5.54. The molecule has 0 amide bonds. The van der Waals surface area contributed by atoms with Gasteiger partial charge in [0.05, 0.1) is 5.60 Å². The van der Waals surface area contributed by atoms with Gasteiger partial charge in [0.15, 0.2) is 0 Å². The first-order valence-electron chi connectivity index (χ1n) is 3.81. The van der Waals surface area contributed by atoms with Gasteiger partial charge in [0, 0.05) is 12.6 Å². The van der Waals surface area contributed by atoms with Gasteiger partial charge in [-0.15, -0.1) is 0 Å². The van der Waals surface area contributed by atoms with E-state index in [1.54, 1.807) is 0 Å². The van der Waals surface area contributed by atoms with Crippen LogP contribution >= 0.6 is 0 Å². The highest BCUT2D eigenvalue weighted by molar-refractivity contribution is 4.60. The molecule has 0 saturated carbocycles. The zero-order chi connectivity index (χ0) is 8.20. The summed E-state index contributed by atoms with van der Waals surface area (Å²) in [7, 11) is 0. The fraction of sp³-hybridized carbons (Fsp3) is 1.00. The van der Waals surface area contributed by atoms with E-state index in [2.05, 4.69) is 0 Å². The van der Waals surface area contributed by atoms with E-state index in [0.717, 1.165) is 13.0 Å². The summed E-state index contributed by atoms with van der Waals surface area (Å²) in [6, 6.07) is 0.252. The highest BCUT2D eigenvalue weighted by Gasteiger charge is 2.09. The van der Waals surface area contributed by atoms with E-state index in [-0.39, 0.29) is 11.6 Å². The molecule has 0 radical (unpaired) electrons. The van der Waals surface area contributed by atoms with Gasteiger partial charge < -0.3 is 10.5 Å². The SMILES string of the molecule is C[C@H](N)CCOC(C)(C)C. The molecule has 2 heteroatoms. The molecule has 0 unspecified atom stereocenters. The highest BCUT2D eigenvalue weighted by atomic mass is 16.5. The van der Waals surface area contributed by atoms with Crippen LogP contribution in [0, 0.1) is 0 Å². The van der Waals surface area contributed by atoms with E-state index in [1.807, 2.05) is 27.7 Å². The third-order valence-electron chi connectivity index (χ3n) is 1.11. The fourth-order valence-electron chi connectivity index (χ4n) is 0.551. The minimum absolute atomic E-state index is 0.0190. The fourth-order valence-corrected chi connectivity index (χ4v) is 0.551. The molecule has 0 aliphatic carbocycles. The van der Waals surface area contributed by atoms with Crippen LogP contribution in [-0.4, -0.2) is 18.2 Å². The van der Waals surface area contributed by atoms with Gasteiger partial charge in [-0.2, -0.15) is 0 Å². The summed E-state index contributed by atoms with van der Waals surface area (Å²) in [4.78, 5) is 0. The van der Waals surface area contributed by atoms with Crippen molar-refractivity contribution in [3.8, 4) is 0 Å². The number of nitrogens with two attached hydrogens (primary N) is 1. The summed E-state index contributed by atoms with van der Waals surface area (Å²) in [5.74, 6) is 0. The molecule has 0 heterocycles. The van der Waals surface area contributed by atoms with Crippen molar-refractivity contribution in [1.82, 2.24) is 0 Å². The molecule has 1 atom stereocenters. The maximum atomic E-state index is 5.54. The second-order valence-electron chi connectivity index (χ2n) is 3.73. The van der Waals surface area contributed by atoms with Gasteiger partial charge in [-0.25, -0.2) is 0 Å². The molecule has 0 fully saturated rings. The number of rotatable bonds is 3. The Balaban J connectivity index is 3.21. The normalized spacial score (nSPS) is 15.3. The topological polar surface area (TPSA) is 35.2 Å². The Hall–Kier alpha value is -0.0800. The van der Waals surface area contributed by atoms with E-state index in [1.165, 1.54) is 0 Å². The van der Waals surface area contributed by atoms with E-state index >= 15 is 0 Å². The Morgan fingerprint density at radius 3 is 2.20 bits per heavy atom. The standard InChI is InChI=1S/C8H19NO/c1-7(9)5-6-10-8(2,3)4/h7H,5-6,9H2,1-4H3/t7-/m0/s1. The molecule has 0 rings (SSSR count). The van der Waals surface area contributed by atoms with Gasteiger partial charge in [-0.3, -0.25) is 0 Å². The molecular weight excluding hydrogens is 126 g/mol. The number of hydrogen-bond donors (Lipinski definition) is 1. The molecule has 0 aromatic heterocycles. The largest absolute Gasteiger partial charge is 0.376 e. The van der Waals surface area contributed by atoms with Crippen molar-refractivity contribution in [2.45, 2.75) is 45.8 Å². The first-order valence-corrected chi connectivity index (χ1v) is 3.81. The van der Waals surface area contributed by atoms with Crippen LogP contribution < -0.4 is 5.73 Å². The van der Waals surface area contributed by atoms with Gasteiger partial charge in [0.2, 0.25) is 0 Å². The monoisotopic (exact) mass is 145 g/mol. The summed E-state index contributed by atoms with van der Waals surface area (Å²) in [6.07, 6.45) is 0.942. The summed E-state index contributed by atoms with van der Waals surface area (Å²) in [5, 5.41) is 0. The van der Waals surface area contributed by atoms with Gasteiger partial charge in [-0.1, -0.05) is 0 Å². The predicted molar refractivity (Wildman–Crippen MR) is 44.0 cm³/mol. The summed E-state index contributed by atoms with van der Waals surface area (Å²) < 4.78 is 5.46. The molecule has 62 valence electrons. The molecule has 0 aliphatic heterocycles. The van der Waals surface area contributed by atoms with Gasteiger partial charge in [0.1, 0.15) is 0 Å². The van der Waals surface area contributed by atoms with Crippen LogP contribution in [0.3, 0.4) is 0 Å². The summed E-state index contributed by atoms with van der Waals surface area (Å²) in [5.41, 5.74) is 5.52. The second kappa shape index (κ2) is 3.94. The Morgan fingerprint density at radius 1 is 1.40 bits per heavy atom. The van der Waals surface area contributed by atoms with Gasteiger partial charge in [-0.05, 0) is 34.1 Å². The first kappa shape index (κ1) is 9.92. The molecule has 0 aliphatic rings. The van der Waals surface area contributed by atoms with Crippen molar-refractivity contribution in [2.75, 3.05) is 6.61 Å². The Kier molecular flexibility index (Phi) is 3.91. The maximum Gasteiger partial charge on any atom is 0.0598 e. The van der Waals surface area contributed by atoms with Crippen molar-refractivity contribution >= 4 is 0 Å². The second-order valence-corrected chi connectivity index (χ2v) is 3.73. The van der Waals surface area contributed by atoms with Crippen molar-refractivity contribution < 1.29 is 4.74 Å². The van der Waals surface area contributed by atoms with Crippen LogP contribution in [0.4, 0.5) is 0 Å². The molecular formula is C8H19NO. The zero-order valence-electron chi connectivity index (χ0n) is 7.48. The predicted octanol–water partition coefficient (Wildman–Crippen LogP) is 1.54. The lowest BCUT2D eigenvalue weighted by Crippen LogP contribution is -2.24. The zero-order valence-corrected chi connectivity index (χ0v) is 7.48. The van der Waals surface area contributed by atoms with E-state index in [4.69, 9.17) is 10.5 Å². The van der Waals surface area contributed by atoms with Crippen LogP contribution in [0.2, 0.25) is 0 Å². The van der Waals surface area contributed by atoms with Crippen LogP contribution in [0.1, 0.15) is 34.1 Å². The van der Waals surface area contributed by atoms with Crippen LogP contribution in [0.25, 0.3) is 0 Å². The van der Waals surface area contributed by atoms with Crippen LogP contribution in [0.15, 0.2) is 0 Å². The average molecular weight is 145 g/mol. The molecule has 0 bridgehead atoms. The van der Waals surface area contributed by atoms with E-state index in [0.29, 0.717) is 0 Å². The molecule has 0 spiro atoms. The Bertz CT molecular complexity index is 83.7. The summed E-state index contributed by atoms with van der Waals surface area (Å²) in [6.45, 7) is 8.91. The van der Waals surface area contributed by atoms with Gasteiger partial charge >= 0.3 is 0 Å². The lowest BCUT2D eigenvalue weighted by molar-refractivity contribution is -0.00547. The number of hydrogen-bond acceptors (Lipinski definition) is 2. The minimum Gasteiger partial charge on any atom is -0.376 e. The number of ether oxygens (including phenoxy) is 1. The van der Waals surface area contributed by atoms with Gasteiger partial charge in [0.25, 0.3) is 0 Å². The van der Waals surface area contributed by atoms with Crippen molar-refractivity contribution in [3.63, 3.8) is 0 Å². The highest BCUT2D eigenvalue weighted by Crippen LogP contribution is 2.06. The van der Waals surface area contributed by atoms with Crippen molar-refractivity contribution in [2.24, 2.45) is 5.73 Å². The molecule has 10 heavy (non-hydrogen) atoms. The quantitative estimate of drug-likeness (QED) is 0.653. The third-order valence-corrected chi connectivity index (χ3v) is 1.11. The Morgan fingerprint density at radius 2 is 1.90 bits per heavy atom. The first-order chi connectivity index (χ1) is 4.42. The van der Waals surface area contributed by atoms with E-state index < -0.39 is 0 Å². The van der Waals surface area contributed by atoms with E-state index in [9.17, 15) is 0 Å².